The third-order valence-corrected chi connectivity index (χ3v) is 3.20. The van der Waals surface area contributed by atoms with Crippen molar-refractivity contribution < 1.29 is 14.3 Å². The molecular formula is C19H21NO3. The Morgan fingerprint density at radius 2 is 1.65 bits per heavy atom. The van der Waals surface area contributed by atoms with E-state index < -0.39 is 0 Å². The normalized spacial score (nSPS) is 11.2. The fraction of sp³-hybridized carbons (Fsp3) is 0.211. The fourth-order valence-corrected chi connectivity index (χ4v) is 2.09. The summed E-state index contributed by atoms with van der Waals surface area (Å²) in [6.45, 7) is 1.13. The monoisotopic (exact) mass is 311 g/mol. The lowest BCUT2D eigenvalue weighted by molar-refractivity contribution is 0.215. The van der Waals surface area contributed by atoms with Gasteiger partial charge in [-0.15, -0.1) is 0 Å². The number of methoxy groups -OCH3 is 1. The Hall–Kier alpha value is -2.59. The van der Waals surface area contributed by atoms with Crippen LogP contribution in [0.25, 0.3) is 11.1 Å². The lowest BCUT2D eigenvalue weighted by Crippen LogP contribution is -1.94. The summed E-state index contributed by atoms with van der Waals surface area (Å²) >= 11 is 0. The second-order valence-electron chi connectivity index (χ2n) is 4.77. The quantitative estimate of drug-likeness (QED) is 0.421. The Kier molecular flexibility index (Phi) is 6.88. The van der Waals surface area contributed by atoms with Crippen LogP contribution in [0.15, 0.2) is 65.8 Å². The number of nitrogens with zero attached hydrogens (tertiary/aromatic N) is 1. The van der Waals surface area contributed by atoms with Crippen molar-refractivity contribution in [1.29, 1.82) is 0 Å². The van der Waals surface area contributed by atoms with Gasteiger partial charge in [0.25, 0.3) is 0 Å². The summed E-state index contributed by atoms with van der Waals surface area (Å²) in [4.78, 5) is 4.76. The summed E-state index contributed by atoms with van der Waals surface area (Å²) in [5.74, 6) is 0.832. The molecule has 2 aromatic rings. The molecule has 0 aliphatic carbocycles. The highest BCUT2D eigenvalue weighted by Gasteiger charge is 2.03. The summed E-state index contributed by atoms with van der Waals surface area (Å²) in [7, 11) is 3.20. The van der Waals surface area contributed by atoms with Crippen molar-refractivity contribution in [3.63, 3.8) is 0 Å². The zero-order valence-electron chi connectivity index (χ0n) is 13.4. The minimum Gasteiger partial charge on any atom is -0.490 e. The highest BCUT2D eigenvalue weighted by molar-refractivity contribution is 5.90. The van der Waals surface area contributed by atoms with Crippen molar-refractivity contribution in [3.05, 3.63) is 66.2 Å². The maximum atomic E-state index is 5.65. The molecule has 0 aliphatic rings. The Bertz CT molecular complexity index is 648. The Morgan fingerprint density at radius 3 is 2.39 bits per heavy atom. The van der Waals surface area contributed by atoms with Crippen molar-refractivity contribution in [3.8, 4) is 16.9 Å². The molecule has 0 N–H and O–H groups in total. The molecule has 0 amide bonds. The molecule has 4 nitrogen and oxygen atoms in total. The maximum Gasteiger partial charge on any atom is 0.119 e. The summed E-state index contributed by atoms with van der Waals surface area (Å²) in [5.41, 5.74) is 3.20. The van der Waals surface area contributed by atoms with E-state index in [4.69, 9.17) is 14.3 Å². The van der Waals surface area contributed by atoms with Gasteiger partial charge in [0.05, 0.1) is 12.8 Å². The van der Waals surface area contributed by atoms with E-state index in [0.717, 1.165) is 22.4 Å². The Balaban J connectivity index is 2.06. The molecule has 4 heteroatoms. The van der Waals surface area contributed by atoms with Crippen LogP contribution in [-0.2, 0) is 9.57 Å². The van der Waals surface area contributed by atoms with Crippen molar-refractivity contribution in [1.82, 2.24) is 0 Å². The van der Waals surface area contributed by atoms with Gasteiger partial charge in [0, 0.05) is 12.7 Å². The van der Waals surface area contributed by atoms with Gasteiger partial charge >= 0.3 is 0 Å². The van der Waals surface area contributed by atoms with Crippen LogP contribution < -0.4 is 4.74 Å². The van der Waals surface area contributed by atoms with Crippen LogP contribution in [0.5, 0.6) is 5.75 Å². The van der Waals surface area contributed by atoms with Gasteiger partial charge in [-0.3, -0.25) is 0 Å². The van der Waals surface area contributed by atoms with Crippen LogP contribution in [0, 0.1) is 0 Å². The first-order valence-electron chi connectivity index (χ1n) is 7.38. The number of oxime groups is 1. The van der Waals surface area contributed by atoms with Crippen molar-refractivity contribution in [2.24, 2.45) is 5.16 Å². The van der Waals surface area contributed by atoms with E-state index in [1.165, 1.54) is 7.11 Å². The van der Waals surface area contributed by atoms with Gasteiger partial charge in [-0.25, -0.2) is 0 Å². The first kappa shape index (κ1) is 16.8. The predicted octanol–water partition coefficient (Wildman–Crippen LogP) is 3.92. The minimum atomic E-state index is 0.528. The molecule has 2 rings (SSSR count). The molecular weight excluding hydrogens is 290 g/mol. The summed E-state index contributed by atoms with van der Waals surface area (Å²) < 4.78 is 10.6. The van der Waals surface area contributed by atoms with E-state index >= 15 is 0 Å². The number of ether oxygens (including phenoxy) is 2. The molecule has 0 spiro atoms. The zero-order chi connectivity index (χ0) is 16.3. The van der Waals surface area contributed by atoms with Crippen LogP contribution >= 0.6 is 0 Å². The van der Waals surface area contributed by atoms with Gasteiger partial charge in [-0.1, -0.05) is 47.6 Å². The van der Waals surface area contributed by atoms with Crippen molar-refractivity contribution in [2.45, 2.75) is 0 Å². The molecule has 0 unspecified atom stereocenters. The number of hydrogen-bond donors (Lipinski definition) is 0. The molecule has 0 saturated heterocycles. The third-order valence-electron chi connectivity index (χ3n) is 3.20. The molecule has 0 aliphatic heterocycles. The van der Waals surface area contributed by atoms with Crippen LogP contribution in [0.4, 0.5) is 0 Å². The summed E-state index contributed by atoms with van der Waals surface area (Å²) in [6.07, 6.45) is 5.58. The van der Waals surface area contributed by atoms with E-state index in [1.807, 2.05) is 54.6 Å². The van der Waals surface area contributed by atoms with Gasteiger partial charge in [-0.05, 0) is 29.3 Å². The van der Waals surface area contributed by atoms with Crippen LogP contribution in [0.2, 0.25) is 0 Å². The second kappa shape index (κ2) is 9.43. The second-order valence-corrected chi connectivity index (χ2v) is 4.77. The molecule has 0 atom stereocenters. The third kappa shape index (κ3) is 5.27. The zero-order valence-corrected chi connectivity index (χ0v) is 13.4. The highest BCUT2D eigenvalue weighted by Crippen LogP contribution is 2.25. The smallest absolute Gasteiger partial charge is 0.119 e. The largest absolute Gasteiger partial charge is 0.490 e. The molecule has 0 saturated carbocycles. The van der Waals surface area contributed by atoms with E-state index in [0.29, 0.717) is 13.2 Å². The molecule has 0 heterocycles. The van der Waals surface area contributed by atoms with Gasteiger partial charge in [0.2, 0.25) is 0 Å². The average Bonchev–Trinajstić information content (AvgIpc) is 2.61. The first-order chi connectivity index (χ1) is 11.3. The van der Waals surface area contributed by atoms with E-state index in [9.17, 15) is 0 Å². The SMILES string of the molecule is COC/C=C/COc1ccc(-c2ccccc2/C=N/OC)cc1. The molecule has 2 aromatic carbocycles. The van der Waals surface area contributed by atoms with Gasteiger partial charge in [0.1, 0.15) is 19.5 Å². The average molecular weight is 311 g/mol. The molecule has 0 bridgehead atoms. The highest BCUT2D eigenvalue weighted by atomic mass is 16.6. The van der Waals surface area contributed by atoms with Crippen LogP contribution in [-0.4, -0.2) is 33.6 Å². The Morgan fingerprint density at radius 1 is 0.913 bits per heavy atom. The first-order valence-corrected chi connectivity index (χ1v) is 7.38. The maximum absolute atomic E-state index is 5.65. The van der Waals surface area contributed by atoms with Crippen LogP contribution in [0.3, 0.4) is 0 Å². The molecule has 0 radical (unpaired) electrons. The minimum absolute atomic E-state index is 0.528. The number of rotatable bonds is 8. The standard InChI is InChI=1S/C19H21NO3/c1-21-13-5-6-14-23-18-11-9-16(10-12-18)19-8-4-3-7-17(19)15-20-22-2/h3-12,15H,13-14H2,1-2H3/b6-5+,20-15+. The molecule has 0 aromatic heterocycles. The molecule has 0 fully saturated rings. The molecule has 23 heavy (non-hydrogen) atoms. The van der Waals surface area contributed by atoms with E-state index in [1.54, 1.807) is 13.3 Å². The summed E-state index contributed by atoms with van der Waals surface area (Å²) in [6, 6.07) is 16.0. The van der Waals surface area contributed by atoms with Gasteiger partial charge in [0.15, 0.2) is 0 Å². The Labute approximate surface area is 137 Å². The van der Waals surface area contributed by atoms with Crippen molar-refractivity contribution >= 4 is 6.21 Å². The molecule has 120 valence electrons. The van der Waals surface area contributed by atoms with Crippen molar-refractivity contribution in [2.75, 3.05) is 27.4 Å². The van der Waals surface area contributed by atoms with Crippen LogP contribution in [0.1, 0.15) is 5.56 Å². The predicted molar refractivity (Wildman–Crippen MR) is 93.0 cm³/mol. The topological polar surface area (TPSA) is 40.0 Å². The van der Waals surface area contributed by atoms with E-state index in [2.05, 4.69) is 11.2 Å². The van der Waals surface area contributed by atoms with Gasteiger partial charge in [-0.2, -0.15) is 0 Å². The van der Waals surface area contributed by atoms with Gasteiger partial charge < -0.3 is 14.3 Å². The lowest BCUT2D eigenvalue weighted by Gasteiger charge is -2.08. The van der Waals surface area contributed by atoms with E-state index in [-0.39, 0.29) is 0 Å². The fourth-order valence-electron chi connectivity index (χ4n) is 2.09. The number of benzene rings is 2. The number of hydrogen-bond acceptors (Lipinski definition) is 4. The summed E-state index contributed by atoms with van der Waals surface area (Å²) in [5, 5.41) is 3.84. The lowest BCUT2D eigenvalue weighted by atomic mass is 10.0.